The van der Waals surface area contributed by atoms with E-state index in [1.807, 2.05) is 20.8 Å². The number of carbonyl (C=O) groups is 1. The van der Waals surface area contributed by atoms with E-state index in [2.05, 4.69) is 6.08 Å². The van der Waals surface area contributed by atoms with Crippen molar-refractivity contribution in [1.29, 1.82) is 0 Å². The Hall–Kier alpha value is -0.630. The Morgan fingerprint density at radius 1 is 1.50 bits per heavy atom. The average molecular weight is 196 g/mol. The van der Waals surface area contributed by atoms with E-state index in [-0.39, 0.29) is 5.78 Å². The SMILES string of the molecule is CCOC(C)(C)C(=O)C1=CCCCC1. The molecule has 1 aliphatic rings. The molecule has 0 atom stereocenters. The van der Waals surface area contributed by atoms with Gasteiger partial charge in [0, 0.05) is 6.61 Å². The number of ether oxygens (including phenoxy) is 1. The zero-order valence-electron chi connectivity index (χ0n) is 9.43. The van der Waals surface area contributed by atoms with Gasteiger partial charge in [0.25, 0.3) is 0 Å². The monoisotopic (exact) mass is 196 g/mol. The number of hydrogen-bond acceptors (Lipinski definition) is 2. The van der Waals surface area contributed by atoms with Crippen molar-refractivity contribution in [3.05, 3.63) is 11.6 Å². The maximum absolute atomic E-state index is 12.0. The highest BCUT2D eigenvalue weighted by molar-refractivity contribution is 6.01. The molecule has 1 rings (SSSR count). The van der Waals surface area contributed by atoms with Crippen molar-refractivity contribution < 1.29 is 9.53 Å². The van der Waals surface area contributed by atoms with Gasteiger partial charge in [-0.2, -0.15) is 0 Å². The van der Waals surface area contributed by atoms with Gasteiger partial charge >= 0.3 is 0 Å². The standard InChI is InChI=1S/C12H20O2/c1-4-14-12(2,3)11(13)10-8-6-5-7-9-10/h8H,4-7,9H2,1-3H3. The van der Waals surface area contributed by atoms with Crippen molar-refractivity contribution in [1.82, 2.24) is 0 Å². The van der Waals surface area contributed by atoms with Gasteiger partial charge in [-0.15, -0.1) is 0 Å². The lowest BCUT2D eigenvalue weighted by atomic mass is 9.89. The lowest BCUT2D eigenvalue weighted by molar-refractivity contribution is -0.135. The number of carbonyl (C=O) groups excluding carboxylic acids is 1. The molecule has 80 valence electrons. The lowest BCUT2D eigenvalue weighted by Crippen LogP contribution is -2.36. The molecule has 0 unspecified atom stereocenters. The van der Waals surface area contributed by atoms with Gasteiger partial charge in [-0.05, 0) is 52.0 Å². The highest BCUT2D eigenvalue weighted by Crippen LogP contribution is 2.24. The van der Waals surface area contributed by atoms with Gasteiger partial charge in [0.15, 0.2) is 5.78 Å². The van der Waals surface area contributed by atoms with E-state index in [9.17, 15) is 4.79 Å². The molecule has 0 aliphatic heterocycles. The van der Waals surface area contributed by atoms with Crippen LogP contribution in [-0.4, -0.2) is 18.0 Å². The molecule has 14 heavy (non-hydrogen) atoms. The maximum Gasteiger partial charge on any atom is 0.189 e. The smallest absolute Gasteiger partial charge is 0.189 e. The fraction of sp³-hybridized carbons (Fsp3) is 0.750. The van der Waals surface area contributed by atoms with E-state index >= 15 is 0 Å². The minimum atomic E-state index is -0.641. The van der Waals surface area contributed by atoms with Crippen molar-refractivity contribution >= 4 is 5.78 Å². The summed E-state index contributed by atoms with van der Waals surface area (Å²) in [5.41, 5.74) is 0.326. The molecule has 0 bridgehead atoms. The molecule has 0 N–H and O–H groups in total. The summed E-state index contributed by atoms with van der Waals surface area (Å²) in [6, 6.07) is 0. The zero-order valence-corrected chi connectivity index (χ0v) is 9.43. The first-order chi connectivity index (χ1) is 6.58. The Labute approximate surface area is 86.3 Å². The molecule has 0 saturated carbocycles. The average Bonchev–Trinajstić information content (AvgIpc) is 2.18. The quantitative estimate of drug-likeness (QED) is 0.691. The van der Waals surface area contributed by atoms with Crippen molar-refractivity contribution in [3.8, 4) is 0 Å². The van der Waals surface area contributed by atoms with E-state index in [4.69, 9.17) is 4.74 Å². The Morgan fingerprint density at radius 3 is 2.71 bits per heavy atom. The molecule has 2 heteroatoms. The van der Waals surface area contributed by atoms with Crippen LogP contribution in [0.1, 0.15) is 46.5 Å². The summed E-state index contributed by atoms with van der Waals surface area (Å²) in [5, 5.41) is 0. The second kappa shape index (κ2) is 4.74. The van der Waals surface area contributed by atoms with E-state index in [1.54, 1.807) is 0 Å². The fourth-order valence-electron chi connectivity index (χ4n) is 1.86. The third-order valence-corrected chi connectivity index (χ3v) is 2.63. The van der Waals surface area contributed by atoms with Crippen LogP contribution in [-0.2, 0) is 9.53 Å². The van der Waals surface area contributed by atoms with Crippen LogP contribution in [0.2, 0.25) is 0 Å². The number of allylic oxidation sites excluding steroid dienone is 1. The summed E-state index contributed by atoms with van der Waals surface area (Å²) in [4.78, 5) is 12.0. The highest BCUT2D eigenvalue weighted by atomic mass is 16.5. The normalized spacial score (nSPS) is 17.8. The molecule has 0 saturated heterocycles. The predicted octanol–water partition coefficient (Wildman–Crippen LogP) is 2.87. The number of hydrogen-bond donors (Lipinski definition) is 0. The van der Waals surface area contributed by atoms with E-state index in [0.717, 1.165) is 24.8 Å². The summed E-state index contributed by atoms with van der Waals surface area (Å²) >= 11 is 0. The second-order valence-corrected chi connectivity index (χ2v) is 4.25. The van der Waals surface area contributed by atoms with Crippen LogP contribution in [0.4, 0.5) is 0 Å². The molecular formula is C12H20O2. The molecule has 0 heterocycles. The van der Waals surface area contributed by atoms with Crippen molar-refractivity contribution in [2.45, 2.75) is 52.1 Å². The molecule has 0 radical (unpaired) electrons. The number of ketones is 1. The van der Waals surface area contributed by atoms with Gasteiger partial charge in [-0.3, -0.25) is 4.79 Å². The molecule has 0 aromatic carbocycles. The maximum atomic E-state index is 12.0. The molecular weight excluding hydrogens is 176 g/mol. The van der Waals surface area contributed by atoms with Crippen LogP contribution in [0.3, 0.4) is 0 Å². The van der Waals surface area contributed by atoms with Crippen LogP contribution < -0.4 is 0 Å². The summed E-state index contributed by atoms with van der Waals surface area (Å²) in [7, 11) is 0. The minimum Gasteiger partial charge on any atom is -0.368 e. The van der Waals surface area contributed by atoms with Gasteiger partial charge in [0.1, 0.15) is 5.60 Å². The molecule has 0 aromatic rings. The van der Waals surface area contributed by atoms with Crippen molar-refractivity contribution in [2.24, 2.45) is 0 Å². The molecule has 0 amide bonds. The first kappa shape index (κ1) is 11.4. The van der Waals surface area contributed by atoms with Crippen LogP contribution in [0.15, 0.2) is 11.6 Å². The number of rotatable bonds is 4. The Bertz CT molecular complexity index is 239. The lowest BCUT2D eigenvalue weighted by Gasteiger charge is -2.25. The topological polar surface area (TPSA) is 26.3 Å². The minimum absolute atomic E-state index is 0.166. The summed E-state index contributed by atoms with van der Waals surface area (Å²) in [6.07, 6.45) is 6.40. The van der Waals surface area contributed by atoms with Crippen LogP contribution in [0, 0.1) is 0 Å². The van der Waals surface area contributed by atoms with Crippen LogP contribution in [0.25, 0.3) is 0 Å². The van der Waals surface area contributed by atoms with Crippen molar-refractivity contribution in [3.63, 3.8) is 0 Å². The van der Waals surface area contributed by atoms with Crippen LogP contribution in [0.5, 0.6) is 0 Å². The van der Waals surface area contributed by atoms with Crippen molar-refractivity contribution in [2.75, 3.05) is 6.61 Å². The van der Waals surface area contributed by atoms with Gasteiger partial charge in [0.05, 0.1) is 0 Å². The first-order valence-electron chi connectivity index (χ1n) is 5.45. The highest BCUT2D eigenvalue weighted by Gasteiger charge is 2.30. The Morgan fingerprint density at radius 2 is 2.21 bits per heavy atom. The van der Waals surface area contributed by atoms with Gasteiger partial charge in [0.2, 0.25) is 0 Å². The summed E-state index contributed by atoms with van der Waals surface area (Å²) in [5.74, 6) is 0.166. The first-order valence-corrected chi connectivity index (χ1v) is 5.45. The van der Waals surface area contributed by atoms with Gasteiger partial charge in [-0.25, -0.2) is 0 Å². The molecule has 1 aliphatic carbocycles. The zero-order chi connectivity index (χ0) is 10.6. The van der Waals surface area contributed by atoms with E-state index < -0.39 is 5.60 Å². The summed E-state index contributed by atoms with van der Waals surface area (Å²) < 4.78 is 5.45. The second-order valence-electron chi connectivity index (χ2n) is 4.25. The molecule has 2 nitrogen and oxygen atoms in total. The van der Waals surface area contributed by atoms with Gasteiger partial charge < -0.3 is 4.74 Å². The Kier molecular flexibility index (Phi) is 3.87. The third kappa shape index (κ3) is 2.68. The molecule has 0 spiro atoms. The number of Topliss-reactive ketones (excluding diaryl/α,β-unsaturated/α-hetero) is 1. The fourth-order valence-corrected chi connectivity index (χ4v) is 1.86. The van der Waals surface area contributed by atoms with Gasteiger partial charge in [-0.1, -0.05) is 6.08 Å². The van der Waals surface area contributed by atoms with Crippen LogP contribution >= 0.6 is 0 Å². The summed E-state index contributed by atoms with van der Waals surface area (Å²) in [6.45, 7) is 6.22. The predicted molar refractivity (Wildman–Crippen MR) is 57.3 cm³/mol. The van der Waals surface area contributed by atoms with E-state index in [0.29, 0.717) is 6.61 Å². The Balaban J connectivity index is 2.67. The third-order valence-electron chi connectivity index (χ3n) is 2.63. The van der Waals surface area contributed by atoms with E-state index in [1.165, 1.54) is 6.42 Å². The largest absolute Gasteiger partial charge is 0.368 e. The molecule has 0 fully saturated rings. The molecule has 0 aromatic heterocycles.